The molecule has 2 atom stereocenters. The molecule has 0 radical (unpaired) electrons. The van der Waals surface area contributed by atoms with E-state index in [0.717, 1.165) is 12.2 Å². The van der Waals surface area contributed by atoms with E-state index in [4.69, 9.17) is 0 Å². The molecule has 1 saturated carbocycles. The van der Waals surface area contributed by atoms with E-state index in [1.807, 2.05) is 6.92 Å². The first kappa shape index (κ1) is 13.8. The van der Waals surface area contributed by atoms with Crippen LogP contribution in [0.2, 0.25) is 0 Å². The third-order valence-corrected chi connectivity index (χ3v) is 4.03. The molecule has 1 fully saturated rings. The molecular formula is C14H21N3O2. The monoisotopic (exact) mass is 263 g/mol. The molecular weight excluding hydrogens is 242 g/mol. The summed E-state index contributed by atoms with van der Waals surface area (Å²) in [7, 11) is 0. The zero-order valence-electron chi connectivity index (χ0n) is 11.6. The second kappa shape index (κ2) is 5.99. The Balaban J connectivity index is 2.05. The summed E-state index contributed by atoms with van der Waals surface area (Å²) in [6, 6.07) is 3.20. The number of pyridine rings is 1. The highest BCUT2D eigenvalue weighted by atomic mass is 16.6. The minimum atomic E-state index is -0.376. The second-order valence-electron chi connectivity index (χ2n) is 5.48. The van der Waals surface area contributed by atoms with Crippen LogP contribution in [0.3, 0.4) is 0 Å². The molecule has 104 valence electrons. The summed E-state index contributed by atoms with van der Waals surface area (Å²) in [6.07, 6.45) is 5.03. The van der Waals surface area contributed by atoms with E-state index in [1.165, 1.54) is 31.7 Å². The van der Waals surface area contributed by atoms with Crippen molar-refractivity contribution in [3.05, 3.63) is 27.9 Å². The number of anilines is 1. The first-order valence-corrected chi connectivity index (χ1v) is 6.94. The van der Waals surface area contributed by atoms with Gasteiger partial charge in [0.05, 0.1) is 4.92 Å². The molecule has 0 spiro atoms. The molecule has 0 aliphatic heterocycles. The maximum absolute atomic E-state index is 11.0. The fourth-order valence-electron chi connectivity index (χ4n) is 2.75. The highest BCUT2D eigenvalue weighted by Crippen LogP contribution is 2.30. The van der Waals surface area contributed by atoms with Crippen LogP contribution in [-0.2, 0) is 0 Å². The van der Waals surface area contributed by atoms with Crippen LogP contribution in [0.15, 0.2) is 12.1 Å². The number of nitrogens with one attached hydrogen (secondary N) is 1. The predicted octanol–water partition coefficient (Wildman–Crippen LogP) is 3.54. The Morgan fingerprint density at radius 2 is 2.16 bits per heavy atom. The topological polar surface area (TPSA) is 68.1 Å². The van der Waals surface area contributed by atoms with E-state index in [1.54, 1.807) is 6.07 Å². The van der Waals surface area contributed by atoms with Crippen LogP contribution in [0, 0.1) is 28.9 Å². The fraction of sp³-hybridized carbons (Fsp3) is 0.643. The van der Waals surface area contributed by atoms with Gasteiger partial charge in [0, 0.05) is 18.3 Å². The van der Waals surface area contributed by atoms with Gasteiger partial charge in [-0.15, -0.1) is 0 Å². The largest absolute Gasteiger partial charge is 0.364 e. The lowest BCUT2D eigenvalue weighted by atomic mass is 9.80. The summed E-state index contributed by atoms with van der Waals surface area (Å²) in [5, 5.41) is 14.2. The highest BCUT2D eigenvalue weighted by molar-refractivity contribution is 5.56. The Morgan fingerprint density at radius 3 is 2.84 bits per heavy atom. The van der Waals surface area contributed by atoms with Crippen molar-refractivity contribution in [3.8, 4) is 0 Å². The zero-order chi connectivity index (χ0) is 13.8. The molecule has 1 aromatic rings. The lowest BCUT2D eigenvalue weighted by Crippen LogP contribution is -2.25. The summed E-state index contributed by atoms with van der Waals surface area (Å²) < 4.78 is 0. The summed E-state index contributed by atoms with van der Waals surface area (Å²) in [5.74, 6) is 1.68. The standard InChI is InChI=1S/C14H21N3O2/c1-10-5-3-4-6-12(10)9-15-14-13(17(18)19)8-7-11(2)16-14/h7-8,10,12H,3-6,9H2,1-2H3,(H,15,16). The number of aryl methyl sites for hydroxylation is 1. The average molecular weight is 263 g/mol. The number of hydrogen-bond acceptors (Lipinski definition) is 4. The van der Waals surface area contributed by atoms with E-state index >= 15 is 0 Å². The Kier molecular flexibility index (Phi) is 4.35. The third-order valence-electron chi connectivity index (χ3n) is 4.03. The minimum absolute atomic E-state index is 0.0639. The van der Waals surface area contributed by atoms with E-state index < -0.39 is 0 Å². The zero-order valence-corrected chi connectivity index (χ0v) is 11.6. The van der Waals surface area contributed by atoms with Crippen molar-refractivity contribution in [2.45, 2.75) is 39.5 Å². The number of rotatable bonds is 4. The molecule has 0 bridgehead atoms. The van der Waals surface area contributed by atoms with Gasteiger partial charge in [-0.05, 0) is 31.2 Å². The SMILES string of the molecule is Cc1ccc([N+](=O)[O-])c(NCC2CCCCC2C)n1. The molecule has 1 aromatic heterocycles. The average Bonchev–Trinajstić information content (AvgIpc) is 2.37. The maximum atomic E-state index is 11.0. The van der Waals surface area contributed by atoms with Crippen molar-refractivity contribution >= 4 is 11.5 Å². The molecule has 1 aliphatic carbocycles. The van der Waals surface area contributed by atoms with Crippen molar-refractivity contribution in [2.24, 2.45) is 11.8 Å². The maximum Gasteiger partial charge on any atom is 0.311 e. The van der Waals surface area contributed by atoms with Crippen LogP contribution >= 0.6 is 0 Å². The van der Waals surface area contributed by atoms with Gasteiger partial charge in [0.15, 0.2) is 0 Å². The number of nitrogens with zero attached hydrogens (tertiary/aromatic N) is 2. The second-order valence-corrected chi connectivity index (χ2v) is 5.48. The van der Waals surface area contributed by atoms with Gasteiger partial charge in [0.1, 0.15) is 0 Å². The van der Waals surface area contributed by atoms with E-state index in [2.05, 4.69) is 17.2 Å². The van der Waals surface area contributed by atoms with Crippen LogP contribution in [0.1, 0.15) is 38.3 Å². The van der Waals surface area contributed by atoms with Crippen molar-refractivity contribution in [3.63, 3.8) is 0 Å². The van der Waals surface area contributed by atoms with E-state index in [0.29, 0.717) is 17.7 Å². The van der Waals surface area contributed by atoms with Gasteiger partial charge in [0.25, 0.3) is 0 Å². The lowest BCUT2D eigenvalue weighted by molar-refractivity contribution is -0.384. The van der Waals surface area contributed by atoms with Gasteiger partial charge in [-0.1, -0.05) is 26.2 Å². The summed E-state index contributed by atoms with van der Waals surface area (Å²) in [6.45, 7) is 4.89. The molecule has 5 heteroatoms. The molecule has 5 nitrogen and oxygen atoms in total. The third kappa shape index (κ3) is 3.43. The minimum Gasteiger partial charge on any atom is -0.364 e. The molecule has 2 rings (SSSR count). The number of nitro groups is 1. The van der Waals surface area contributed by atoms with Crippen LogP contribution in [0.4, 0.5) is 11.5 Å². The molecule has 1 heterocycles. The van der Waals surface area contributed by atoms with Gasteiger partial charge in [-0.25, -0.2) is 4.98 Å². The van der Waals surface area contributed by atoms with Crippen molar-refractivity contribution < 1.29 is 4.92 Å². The van der Waals surface area contributed by atoms with Gasteiger partial charge < -0.3 is 5.32 Å². The molecule has 1 N–H and O–H groups in total. The van der Waals surface area contributed by atoms with Crippen molar-refractivity contribution in [2.75, 3.05) is 11.9 Å². The summed E-state index contributed by atoms with van der Waals surface area (Å²) in [5.41, 5.74) is 0.860. The summed E-state index contributed by atoms with van der Waals surface area (Å²) in [4.78, 5) is 14.8. The number of hydrogen-bond donors (Lipinski definition) is 1. The smallest absolute Gasteiger partial charge is 0.311 e. The van der Waals surface area contributed by atoms with E-state index in [9.17, 15) is 10.1 Å². The van der Waals surface area contributed by atoms with Gasteiger partial charge in [0.2, 0.25) is 5.82 Å². The summed E-state index contributed by atoms with van der Waals surface area (Å²) >= 11 is 0. The molecule has 2 unspecified atom stereocenters. The van der Waals surface area contributed by atoms with Crippen LogP contribution < -0.4 is 5.32 Å². The molecule has 1 aliphatic rings. The first-order valence-electron chi connectivity index (χ1n) is 6.94. The fourth-order valence-corrected chi connectivity index (χ4v) is 2.75. The van der Waals surface area contributed by atoms with Crippen LogP contribution in [0.5, 0.6) is 0 Å². The normalized spacial score (nSPS) is 23.1. The molecule has 0 amide bonds. The quantitative estimate of drug-likeness (QED) is 0.666. The highest BCUT2D eigenvalue weighted by Gasteiger charge is 2.22. The van der Waals surface area contributed by atoms with Gasteiger partial charge >= 0.3 is 5.69 Å². The molecule has 0 saturated heterocycles. The van der Waals surface area contributed by atoms with Gasteiger partial charge in [-0.3, -0.25) is 10.1 Å². The Morgan fingerprint density at radius 1 is 1.42 bits per heavy atom. The lowest BCUT2D eigenvalue weighted by Gasteiger charge is -2.28. The Hall–Kier alpha value is -1.65. The van der Waals surface area contributed by atoms with Crippen molar-refractivity contribution in [1.29, 1.82) is 0 Å². The van der Waals surface area contributed by atoms with Crippen LogP contribution in [0.25, 0.3) is 0 Å². The Bertz CT molecular complexity index is 462. The predicted molar refractivity (Wildman–Crippen MR) is 75.2 cm³/mol. The first-order chi connectivity index (χ1) is 9.08. The molecule has 19 heavy (non-hydrogen) atoms. The van der Waals surface area contributed by atoms with Gasteiger partial charge in [-0.2, -0.15) is 0 Å². The molecule has 0 aromatic carbocycles. The van der Waals surface area contributed by atoms with Crippen molar-refractivity contribution in [1.82, 2.24) is 4.98 Å². The number of aromatic nitrogens is 1. The van der Waals surface area contributed by atoms with E-state index in [-0.39, 0.29) is 10.6 Å². The van der Waals surface area contributed by atoms with Crippen LogP contribution in [-0.4, -0.2) is 16.5 Å². The Labute approximate surface area is 113 Å².